The Labute approximate surface area is 227 Å². The van der Waals surface area contributed by atoms with Crippen molar-refractivity contribution in [2.45, 2.75) is 76.5 Å². The number of pyridine rings is 1. The first-order valence-electron chi connectivity index (χ1n) is 13.4. The molecule has 0 bridgehead atoms. The van der Waals surface area contributed by atoms with E-state index in [4.69, 9.17) is 14.2 Å². The molecule has 2 aliphatic rings. The Morgan fingerprint density at radius 2 is 1.82 bits per heavy atom. The summed E-state index contributed by atoms with van der Waals surface area (Å²) in [5.41, 5.74) is 0.609. The van der Waals surface area contributed by atoms with Crippen LogP contribution in [0.4, 0.5) is 4.39 Å². The molecule has 39 heavy (non-hydrogen) atoms. The molecule has 0 spiro atoms. The van der Waals surface area contributed by atoms with E-state index in [0.29, 0.717) is 19.3 Å². The summed E-state index contributed by atoms with van der Waals surface area (Å²) in [7, 11) is 1.35. The van der Waals surface area contributed by atoms with Crippen molar-refractivity contribution in [2.75, 3.05) is 7.11 Å². The number of rotatable bonds is 7. The van der Waals surface area contributed by atoms with Crippen LogP contribution in [0.25, 0.3) is 0 Å². The third-order valence-electron chi connectivity index (χ3n) is 7.56. The maximum atomic E-state index is 13.5. The number of carbonyl (C=O) groups excluding carboxylic acids is 3. The Bertz CT molecular complexity index is 1170. The average molecular weight is 543 g/mol. The molecule has 1 saturated heterocycles. The smallest absolute Gasteiger partial charge is 0.329 e. The van der Waals surface area contributed by atoms with Gasteiger partial charge in [-0.05, 0) is 56.7 Å². The van der Waals surface area contributed by atoms with E-state index in [0.717, 1.165) is 31.2 Å². The zero-order valence-corrected chi connectivity index (χ0v) is 22.2. The first-order valence-corrected chi connectivity index (χ1v) is 13.4. The van der Waals surface area contributed by atoms with Crippen molar-refractivity contribution in [3.05, 3.63) is 53.6 Å². The van der Waals surface area contributed by atoms with E-state index >= 15 is 0 Å². The predicted molar refractivity (Wildman–Crippen MR) is 139 cm³/mol. The Hall–Kier alpha value is -3.69. The monoisotopic (exact) mass is 542 g/mol. The van der Waals surface area contributed by atoms with Crippen LogP contribution in [-0.2, 0) is 25.5 Å². The van der Waals surface area contributed by atoms with E-state index in [9.17, 15) is 23.9 Å². The number of esters is 2. The van der Waals surface area contributed by atoms with E-state index in [2.05, 4.69) is 10.3 Å². The lowest BCUT2D eigenvalue weighted by molar-refractivity contribution is -0.174. The number of aromatic nitrogens is 1. The summed E-state index contributed by atoms with van der Waals surface area (Å²) in [5.74, 6) is -2.74. The molecular weight excluding hydrogens is 507 g/mol. The maximum absolute atomic E-state index is 13.5. The number of nitrogens with one attached hydrogen (secondary N) is 1. The lowest BCUT2D eigenvalue weighted by Gasteiger charge is -2.31. The molecule has 2 fully saturated rings. The van der Waals surface area contributed by atoms with Crippen LogP contribution in [0.5, 0.6) is 11.5 Å². The summed E-state index contributed by atoms with van der Waals surface area (Å²) in [6.07, 6.45) is 5.22. The summed E-state index contributed by atoms with van der Waals surface area (Å²) in [6, 6.07) is 6.59. The highest BCUT2D eigenvalue weighted by molar-refractivity contribution is 5.97. The minimum Gasteiger partial charge on any atom is -0.503 e. The Morgan fingerprint density at radius 3 is 2.51 bits per heavy atom. The number of hydrogen-bond acceptors (Lipinski definition) is 8. The number of benzene rings is 1. The average Bonchev–Trinajstić information content (AvgIpc) is 3.47. The van der Waals surface area contributed by atoms with E-state index in [-0.39, 0.29) is 41.5 Å². The van der Waals surface area contributed by atoms with Crippen LogP contribution in [0.15, 0.2) is 36.5 Å². The number of carbonyl (C=O) groups is 3. The van der Waals surface area contributed by atoms with Crippen molar-refractivity contribution in [1.82, 2.24) is 10.3 Å². The molecule has 1 aliphatic carbocycles. The van der Waals surface area contributed by atoms with Crippen molar-refractivity contribution in [1.29, 1.82) is 0 Å². The molecule has 1 aromatic heterocycles. The van der Waals surface area contributed by atoms with Gasteiger partial charge in [0.05, 0.1) is 13.0 Å². The summed E-state index contributed by atoms with van der Waals surface area (Å²) >= 11 is 0. The topological polar surface area (TPSA) is 124 Å². The van der Waals surface area contributed by atoms with Crippen LogP contribution in [0.1, 0.15) is 67.9 Å². The van der Waals surface area contributed by atoms with Gasteiger partial charge in [0.25, 0.3) is 5.91 Å². The van der Waals surface area contributed by atoms with Crippen LogP contribution < -0.4 is 10.1 Å². The molecule has 1 amide bonds. The zero-order valence-electron chi connectivity index (χ0n) is 22.2. The number of cyclic esters (lactones) is 1. The van der Waals surface area contributed by atoms with Gasteiger partial charge in [0.2, 0.25) is 0 Å². The van der Waals surface area contributed by atoms with Crippen LogP contribution in [0.2, 0.25) is 0 Å². The molecule has 1 aromatic carbocycles. The second kappa shape index (κ2) is 12.9. The highest BCUT2D eigenvalue weighted by atomic mass is 19.1. The quantitative estimate of drug-likeness (QED) is 0.501. The van der Waals surface area contributed by atoms with Crippen molar-refractivity contribution >= 4 is 17.8 Å². The molecule has 4 rings (SSSR count). The fourth-order valence-electron chi connectivity index (χ4n) is 5.43. The largest absolute Gasteiger partial charge is 0.503 e. The van der Waals surface area contributed by atoms with E-state index < -0.39 is 35.9 Å². The minimum atomic E-state index is -0.997. The number of amides is 1. The third kappa shape index (κ3) is 7.04. The van der Waals surface area contributed by atoms with Gasteiger partial charge in [-0.3, -0.25) is 9.59 Å². The summed E-state index contributed by atoms with van der Waals surface area (Å²) in [4.78, 5) is 43.0. The van der Waals surface area contributed by atoms with Crippen LogP contribution in [0, 0.1) is 17.7 Å². The molecule has 2 heterocycles. The van der Waals surface area contributed by atoms with Crippen LogP contribution >= 0.6 is 0 Å². The van der Waals surface area contributed by atoms with Crippen LogP contribution in [-0.4, -0.2) is 53.3 Å². The highest BCUT2D eigenvalue weighted by Crippen LogP contribution is 2.32. The highest BCUT2D eigenvalue weighted by Gasteiger charge is 2.38. The van der Waals surface area contributed by atoms with Crippen molar-refractivity contribution in [3.63, 3.8) is 0 Å². The molecule has 9 nitrogen and oxygen atoms in total. The third-order valence-corrected chi connectivity index (χ3v) is 7.56. The molecule has 10 heteroatoms. The Morgan fingerprint density at radius 1 is 1.10 bits per heavy atom. The molecule has 0 radical (unpaired) electrons. The maximum Gasteiger partial charge on any atom is 0.329 e. The molecule has 2 N–H and O–H groups in total. The zero-order chi connectivity index (χ0) is 27.9. The number of halogens is 1. The minimum absolute atomic E-state index is 0.0800. The number of aromatic hydroxyl groups is 1. The fraction of sp³-hybridized carbons (Fsp3) is 0.517. The number of methoxy groups -OCH3 is 1. The van der Waals surface area contributed by atoms with Gasteiger partial charge in [0, 0.05) is 18.2 Å². The lowest BCUT2D eigenvalue weighted by atomic mass is 9.86. The summed E-state index contributed by atoms with van der Waals surface area (Å²) < 4.78 is 30.3. The van der Waals surface area contributed by atoms with Gasteiger partial charge in [-0.25, -0.2) is 14.2 Å². The van der Waals surface area contributed by atoms with E-state index in [1.165, 1.54) is 31.5 Å². The van der Waals surface area contributed by atoms with E-state index in [1.54, 1.807) is 19.1 Å². The number of ether oxygens (including phenoxy) is 3. The molecular formula is C29H35FN2O7. The van der Waals surface area contributed by atoms with Gasteiger partial charge in [-0.2, -0.15) is 0 Å². The first kappa shape index (κ1) is 28.3. The van der Waals surface area contributed by atoms with Gasteiger partial charge in [0.1, 0.15) is 24.1 Å². The second-order valence-corrected chi connectivity index (χ2v) is 10.3. The van der Waals surface area contributed by atoms with Crippen LogP contribution in [0.3, 0.4) is 0 Å². The lowest BCUT2D eigenvalue weighted by Crippen LogP contribution is -2.45. The molecule has 2 aromatic rings. The van der Waals surface area contributed by atoms with Gasteiger partial charge in [-0.15, -0.1) is 0 Å². The number of nitrogens with zero attached hydrogens (tertiary/aromatic N) is 1. The summed E-state index contributed by atoms with van der Waals surface area (Å²) in [5, 5.41) is 12.9. The summed E-state index contributed by atoms with van der Waals surface area (Å²) in [6.45, 7) is 1.68. The molecule has 4 atom stereocenters. The second-order valence-electron chi connectivity index (χ2n) is 10.3. The predicted octanol–water partition coefficient (Wildman–Crippen LogP) is 4.11. The SMILES string of the molecule is COc1ccnc(C(=O)N[C@H]2CCC[C@H](Cc3ccc(F)cc3)[C@@H](OC(=O)C3CCCC3)[C@H](C)OC2=O)c1O. The van der Waals surface area contributed by atoms with Gasteiger partial charge in [-0.1, -0.05) is 31.4 Å². The number of hydrogen-bond donors (Lipinski definition) is 2. The molecule has 0 unspecified atom stereocenters. The van der Waals surface area contributed by atoms with Crippen molar-refractivity contribution in [3.8, 4) is 11.5 Å². The molecule has 210 valence electrons. The van der Waals surface area contributed by atoms with Gasteiger partial charge in [0.15, 0.2) is 17.2 Å². The molecule has 1 saturated carbocycles. The fourth-order valence-corrected chi connectivity index (χ4v) is 5.43. The van der Waals surface area contributed by atoms with Crippen molar-refractivity contribution in [2.24, 2.45) is 11.8 Å². The van der Waals surface area contributed by atoms with Gasteiger partial charge < -0.3 is 24.6 Å². The first-order chi connectivity index (χ1) is 18.8. The normalized spacial score (nSPS) is 24.1. The van der Waals surface area contributed by atoms with E-state index in [1.807, 2.05) is 0 Å². The Kier molecular flexibility index (Phi) is 9.37. The van der Waals surface area contributed by atoms with Gasteiger partial charge >= 0.3 is 11.9 Å². The van der Waals surface area contributed by atoms with Crippen molar-refractivity contribution < 1.29 is 38.1 Å². The standard InChI is InChI=1S/C29H35FN2O7/c1-17-26(39-28(35)19-6-3-4-7-19)20(16-18-10-12-21(30)13-11-18)8-5-9-22(29(36)38-17)32-27(34)24-25(33)23(37-2)14-15-31-24/h10-15,17,19-20,22,26,33H,3-9,16H2,1-2H3,(H,32,34)/t17-,20+,22-,26-/m0/s1. The molecule has 1 aliphatic heterocycles. The Balaban J connectivity index is 1.53.